The van der Waals surface area contributed by atoms with Gasteiger partial charge in [0.25, 0.3) is 5.92 Å². The van der Waals surface area contributed by atoms with Crippen LogP contribution in [0.5, 0.6) is 5.75 Å². The van der Waals surface area contributed by atoms with Crippen molar-refractivity contribution in [3.63, 3.8) is 0 Å². The Hall–Kier alpha value is -1.12. The summed E-state index contributed by atoms with van der Waals surface area (Å²) >= 11 is 0. The zero-order valence-electron chi connectivity index (χ0n) is 7.26. The quantitative estimate of drug-likeness (QED) is 0.686. The van der Waals surface area contributed by atoms with E-state index in [1.54, 1.807) is 12.1 Å². The highest BCUT2D eigenvalue weighted by Crippen LogP contribution is 2.44. The van der Waals surface area contributed by atoms with Crippen molar-refractivity contribution in [3.8, 4) is 5.75 Å². The summed E-state index contributed by atoms with van der Waals surface area (Å²) in [5.41, 5.74) is 0.894. The Morgan fingerprint density at radius 3 is 2.54 bits per heavy atom. The third kappa shape index (κ3) is 1.64. The minimum absolute atomic E-state index is 0.151. The Balaban J connectivity index is 2.07. The topological polar surface area (TPSA) is 9.23 Å². The first-order valence-electron chi connectivity index (χ1n) is 4.20. The van der Waals surface area contributed by atoms with Crippen LogP contribution in [0.3, 0.4) is 0 Å². The fourth-order valence-corrected chi connectivity index (χ4v) is 1.16. The van der Waals surface area contributed by atoms with Crippen LogP contribution in [-0.2, 0) is 0 Å². The lowest BCUT2D eigenvalue weighted by molar-refractivity contribution is 0.0663. The van der Waals surface area contributed by atoms with E-state index < -0.39 is 12.0 Å². The fraction of sp³-hybridized carbons (Fsp3) is 0.400. The van der Waals surface area contributed by atoms with Crippen LogP contribution in [0.25, 0.3) is 0 Å². The molecule has 0 spiro atoms. The van der Waals surface area contributed by atoms with Gasteiger partial charge < -0.3 is 4.74 Å². The first-order chi connectivity index (χ1) is 6.09. The molecule has 0 bridgehead atoms. The maximum atomic E-state index is 12.5. The average molecular weight is 184 g/mol. The average Bonchev–Trinajstić information content (AvgIpc) is 2.64. The molecule has 0 amide bonds. The molecule has 13 heavy (non-hydrogen) atoms. The van der Waals surface area contributed by atoms with Gasteiger partial charge in [0.2, 0.25) is 0 Å². The van der Waals surface area contributed by atoms with Crippen molar-refractivity contribution in [2.45, 2.75) is 25.4 Å². The summed E-state index contributed by atoms with van der Waals surface area (Å²) in [7, 11) is 0. The molecule has 1 aromatic carbocycles. The molecule has 1 nitrogen and oxygen atoms in total. The molecule has 1 atom stereocenters. The Morgan fingerprint density at radius 2 is 2.00 bits per heavy atom. The summed E-state index contributed by atoms with van der Waals surface area (Å²) in [5.74, 6) is -2.05. The van der Waals surface area contributed by atoms with E-state index in [4.69, 9.17) is 4.74 Å². The zero-order valence-corrected chi connectivity index (χ0v) is 7.26. The second-order valence-electron chi connectivity index (χ2n) is 3.34. The first-order valence-corrected chi connectivity index (χ1v) is 4.20. The molecule has 1 aliphatic rings. The summed E-state index contributed by atoms with van der Waals surface area (Å²) in [6.07, 6.45) is -1.06. The molecule has 1 aromatic rings. The largest absolute Gasteiger partial charge is 0.484 e. The highest BCUT2D eigenvalue weighted by atomic mass is 19.3. The monoisotopic (exact) mass is 184 g/mol. The molecule has 0 heterocycles. The van der Waals surface area contributed by atoms with Gasteiger partial charge in [-0.05, 0) is 18.6 Å². The highest BCUT2D eigenvalue weighted by molar-refractivity contribution is 5.32. The maximum Gasteiger partial charge on any atom is 0.288 e. The van der Waals surface area contributed by atoms with Crippen LogP contribution in [0.15, 0.2) is 24.3 Å². The van der Waals surface area contributed by atoms with Crippen molar-refractivity contribution in [1.29, 1.82) is 0 Å². The van der Waals surface area contributed by atoms with Crippen LogP contribution in [0.4, 0.5) is 8.78 Å². The van der Waals surface area contributed by atoms with Crippen LogP contribution < -0.4 is 4.74 Å². The standard InChI is InChI=1S/C10H10F2O/c1-7-4-2-3-5-8(7)13-9-6-10(9,11)12/h2-5,9H,6H2,1H3. The number of ether oxygens (including phenoxy) is 1. The van der Waals surface area contributed by atoms with Gasteiger partial charge >= 0.3 is 0 Å². The summed E-state index contributed by atoms with van der Waals surface area (Å²) < 4.78 is 30.1. The summed E-state index contributed by atoms with van der Waals surface area (Å²) in [6, 6.07) is 7.19. The van der Waals surface area contributed by atoms with Crippen molar-refractivity contribution in [1.82, 2.24) is 0 Å². The summed E-state index contributed by atoms with van der Waals surface area (Å²) in [6.45, 7) is 1.84. The predicted octanol–water partition coefficient (Wildman–Crippen LogP) is 2.78. The van der Waals surface area contributed by atoms with Crippen LogP contribution in [0, 0.1) is 6.92 Å². The highest BCUT2D eigenvalue weighted by Gasteiger charge is 2.59. The van der Waals surface area contributed by atoms with Gasteiger partial charge in [0.1, 0.15) is 5.75 Å². The summed E-state index contributed by atoms with van der Waals surface area (Å²) in [4.78, 5) is 0. The lowest BCUT2D eigenvalue weighted by atomic mass is 10.2. The lowest BCUT2D eigenvalue weighted by Crippen LogP contribution is -2.07. The van der Waals surface area contributed by atoms with E-state index in [1.807, 2.05) is 19.1 Å². The van der Waals surface area contributed by atoms with Crippen molar-refractivity contribution in [2.75, 3.05) is 0 Å². The van der Waals surface area contributed by atoms with Crippen molar-refractivity contribution < 1.29 is 13.5 Å². The number of benzene rings is 1. The Bertz CT molecular complexity index is 322. The molecule has 0 saturated heterocycles. The minimum atomic E-state index is -2.61. The Labute approximate surface area is 75.3 Å². The van der Waals surface area contributed by atoms with Crippen LogP contribution in [0.1, 0.15) is 12.0 Å². The number of alkyl halides is 2. The molecule has 1 fully saturated rings. The number of rotatable bonds is 2. The lowest BCUT2D eigenvalue weighted by Gasteiger charge is -2.07. The number of halogens is 2. The second kappa shape index (κ2) is 2.69. The molecule has 1 saturated carbocycles. The van der Waals surface area contributed by atoms with Crippen molar-refractivity contribution >= 4 is 0 Å². The molecular weight excluding hydrogens is 174 g/mol. The fourth-order valence-electron chi connectivity index (χ4n) is 1.16. The summed E-state index contributed by atoms with van der Waals surface area (Å²) in [5, 5.41) is 0. The molecule has 3 heteroatoms. The van der Waals surface area contributed by atoms with Gasteiger partial charge in [-0.2, -0.15) is 0 Å². The SMILES string of the molecule is Cc1ccccc1OC1CC1(F)F. The molecule has 0 N–H and O–H groups in total. The van der Waals surface area contributed by atoms with E-state index in [9.17, 15) is 8.78 Å². The van der Waals surface area contributed by atoms with E-state index in [2.05, 4.69) is 0 Å². The maximum absolute atomic E-state index is 12.5. The number of para-hydroxylation sites is 1. The number of aryl methyl sites for hydroxylation is 1. The van der Waals surface area contributed by atoms with Gasteiger partial charge in [-0.15, -0.1) is 0 Å². The molecule has 0 radical (unpaired) electrons. The van der Waals surface area contributed by atoms with Gasteiger partial charge in [-0.25, -0.2) is 8.78 Å². The molecule has 1 unspecified atom stereocenters. The number of hydrogen-bond acceptors (Lipinski definition) is 1. The van der Waals surface area contributed by atoms with Crippen molar-refractivity contribution in [3.05, 3.63) is 29.8 Å². The van der Waals surface area contributed by atoms with E-state index in [0.29, 0.717) is 5.75 Å². The van der Waals surface area contributed by atoms with E-state index in [-0.39, 0.29) is 6.42 Å². The molecule has 70 valence electrons. The Kier molecular flexibility index (Phi) is 1.75. The van der Waals surface area contributed by atoms with Gasteiger partial charge in [-0.1, -0.05) is 18.2 Å². The van der Waals surface area contributed by atoms with Gasteiger partial charge in [0.15, 0.2) is 6.10 Å². The van der Waals surface area contributed by atoms with Crippen LogP contribution in [0.2, 0.25) is 0 Å². The van der Waals surface area contributed by atoms with Crippen LogP contribution >= 0.6 is 0 Å². The van der Waals surface area contributed by atoms with Gasteiger partial charge in [0, 0.05) is 0 Å². The number of hydrogen-bond donors (Lipinski definition) is 0. The smallest absolute Gasteiger partial charge is 0.288 e. The van der Waals surface area contributed by atoms with Gasteiger partial charge in [-0.3, -0.25) is 0 Å². The van der Waals surface area contributed by atoms with Crippen molar-refractivity contribution in [2.24, 2.45) is 0 Å². The van der Waals surface area contributed by atoms with Crippen LogP contribution in [-0.4, -0.2) is 12.0 Å². The Morgan fingerprint density at radius 1 is 1.38 bits per heavy atom. The van der Waals surface area contributed by atoms with E-state index >= 15 is 0 Å². The second-order valence-corrected chi connectivity index (χ2v) is 3.34. The third-order valence-electron chi connectivity index (χ3n) is 2.13. The zero-order chi connectivity index (χ0) is 9.47. The molecule has 1 aliphatic carbocycles. The molecule has 2 rings (SSSR count). The molecule has 0 aliphatic heterocycles. The normalized spacial score (nSPS) is 24.1. The minimum Gasteiger partial charge on any atom is -0.484 e. The van der Waals surface area contributed by atoms with Gasteiger partial charge in [0.05, 0.1) is 6.42 Å². The first kappa shape index (κ1) is 8.48. The predicted molar refractivity (Wildman–Crippen MR) is 45.2 cm³/mol. The van der Waals surface area contributed by atoms with E-state index in [1.165, 1.54) is 0 Å². The molecule has 0 aromatic heterocycles. The molecular formula is C10H10F2O. The third-order valence-corrected chi connectivity index (χ3v) is 2.13. The van der Waals surface area contributed by atoms with E-state index in [0.717, 1.165) is 5.56 Å².